The van der Waals surface area contributed by atoms with Gasteiger partial charge in [-0.1, -0.05) is 25.5 Å². The van der Waals surface area contributed by atoms with Crippen LogP contribution in [0.4, 0.5) is 0 Å². The molecule has 0 aromatic heterocycles. The first-order valence-corrected chi connectivity index (χ1v) is 6.83. The Morgan fingerprint density at radius 1 is 1.26 bits per heavy atom. The third-order valence-electron chi connectivity index (χ3n) is 2.87. The van der Waals surface area contributed by atoms with Gasteiger partial charge < -0.3 is 20.3 Å². The van der Waals surface area contributed by atoms with Crippen LogP contribution in [0.5, 0.6) is 5.75 Å². The standard InChI is InChI=1S/C15H25NO3/c1-3-4-9-19-14-7-5-13(6-8-14)10-16-11-15(2,18)12-17/h5-8,16-18H,3-4,9-12H2,1-2H3. The van der Waals surface area contributed by atoms with Crippen molar-refractivity contribution in [2.45, 2.75) is 38.8 Å². The molecule has 108 valence electrons. The highest BCUT2D eigenvalue weighted by atomic mass is 16.5. The number of aliphatic hydroxyl groups excluding tert-OH is 1. The number of hydrogen-bond donors (Lipinski definition) is 3. The molecular weight excluding hydrogens is 242 g/mol. The van der Waals surface area contributed by atoms with Gasteiger partial charge in [0.15, 0.2) is 0 Å². The van der Waals surface area contributed by atoms with E-state index in [0.29, 0.717) is 13.1 Å². The van der Waals surface area contributed by atoms with Gasteiger partial charge in [0.1, 0.15) is 5.75 Å². The maximum atomic E-state index is 9.63. The average Bonchev–Trinajstić information content (AvgIpc) is 2.41. The van der Waals surface area contributed by atoms with Crippen LogP contribution in [0.15, 0.2) is 24.3 Å². The maximum absolute atomic E-state index is 9.63. The van der Waals surface area contributed by atoms with Crippen molar-refractivity contribution in [3.8, 4) is 5.75 Å². The average molecular weight is 267 g/mol. The highest BCUT2D eigenvalue weighted by molar-refractivity contribution is 5.27. The monoisotopic (exact) mass is 267 g/mol. The maximum Gasteiger partial charge on any atom is 0.119 e. The number of unbranched alkanes of at least 4 members (excludes halogenated alkanes) is 1. The Morgan fingerprint density at radius 2 is 1.95 bits per heavy atom. The molecule has 3 N–H and O–H groups in total. The summed E-state index contributed by atoms with van der Waals surface area (Å²) in [5.74, 6) is 0.888. The molecule has 0 heterocycles. The summed E-state index contributed by atoms with van der Waals surface area (Å²) in [6.45, 7) is 5.27. The molecule has 0 fully saturated rings. The zero-order valence-electron chi connectivity index (χ0n) is 11.9. The van der Waals surface area contributed by atoms with Crippen molar-refractivity contribution < 1.29 is 14.9 Å². The first-order chi connectivity index (χ1) is 9.07. The number of nitrogens with one attached hydrogen (secondary N) is 1. The zero-order chi connectivity index (χ0) is 14.1. The third kappa shape index (κ3) is 6.57. The molecule has 0 amide bonds. The van der Waals surface area contributed by atoms with Gasteiger partial charge in [-0.2, -0.15) is 0 Å². The van der Waals surface area contributed by atoms with E-state index in [4.69, 9.17) is 9.84 Å². The van der Waals surface area contributed by atoms with Gasteiger partial charge in [0.05, 0.1) is 18.8 Å². The van der Waals surface area contributed by atoms with Crippen LogP contribution in [-0.2, 0) is 6.54 Å². The fraction of sp³-hybridized carbons (Fsp3) is 0.600. The first kappa shape index (κ1) is 16.0. The van der Waals surface area contributed by atoms with Crippen molar-refractivity contribution in [3.63, 3.8) is 0 Å². The Labute approximate surface area is 115 Å². The molecule has 4 nitrogen and oxygen atoms in total. The van der Waals surface area contributed by atoms with Crippen LogP contribution in [0.1, 0.15) is 32.3 Å². The molecule has 1 atom stereocenters. The second-order valence-electron chi connectivity index (χ2n) is 5.10. The minimum absolute atomic E-state index is 0.246. The summed E-state index contributed by atoms with van der Waals surface area (Å²) in [6.07, 6.45) is 2.20. The molecule has 1 aromatic carbocycles. The molecule has 0 radical (unpaired) electrons. The van der Waals surface area contributed by atoms with Crippen LogP contribution in [0.2, 0.25) is 0 Å². The van der Waals surface area contributed by atoms with Gasteiger partial charge in [-0.25, -0.2) is 0 Å². The molecule has 0 saturated heterocycles. The molecular formula is C15H25NO3. The lowest BCUT2D eigenvalue weighted by molar-refractivity contribution is 0.00254. The Kier molecular flexibility index (Phi) is 6.84. The summed E-state index contributed by atoms with van der Waals surface area (Å²) in [5.41, 5.74) is 0.0556. The molecule has 1 aromatic rings. The lowest BCUT2D eigenvalue weighted by atomic mass is 10.1. The summed E-state index contributed by atoms with van der Waals surface area (Å²) in [7, 11) is 0. The van der Waals surface area contributed by atoms with Crippen LogP contribution in [0.3, 0.4) is 0 Å². The van der Waals surface area contributed by atoms with E-state index in [1.54, 1.807) is 6.92 Å². The van der Waals surface area contributed by atoms with Gasteiger partial charge in [-0.05, 0) is 31.0 Å². The molecule has 19 heavy (non-hydrogen) atoms. The predicted octanol–water partition coefficient (Wildman–Crippen LogP) is 1.70. The number of benzene rings is 1. The van der Waals surface area contributed by atoms with Crippen molar-refractivity contribution in [1.82, 2.24) is 5.32 Å². The van der Waals surface area contributed by atoms with E-state index in [0.717, 1.165) is 30.8 Å². The van der Waals surface area contributed by atoms with Crippen LogP contribution >= 0.6 is 0 Å². The lowest BCUT2D eigenvalue weighted by Crippen LogP contribution is -2.40. The van der Waals surface area contributed by atoms with E-state index in [2.05, 4.69) is 12.2 Å². The summed E-state index contributed by atoms with van der Waals surface area (Å²) < 4.78 is 5.58. The molecule has 1 unspecified atom stereocenters. The number of ether oxygens (including phenoxy) is 1. The minimum Gasteiger partial charge on any atom is -0.494 e. The van der Waals surface area contributed by atoms with Gasteiger partial charge in [0.25, 0.3) is 0 Å². The molecule has 0 aliphatic heterocycles. The van der Waals surface area contributed by atoms with Crippen molar-refractivity contribution >= 4 is 0 Å². The van der Waals surface area contributed by atoms with Crippen LogP contribution in [-0.4, -0.2) is 35.6 Å². The smallest absolute Gasteiger partial charge is 0.119 e. The summed E-state index contributed by atoms with van der Waals surface area (Å²) in [5, 5.41) is 21.7. The zero-order valence-corrected chi connectivity index (χ0v) is 11.9. The SMILES string of the molecule is CCCCOc1ccc(CNCC(C)(O)CO)cc1. The normalized spacial score (nSPS) is 14.1. The largest absolute Gasteiger partial charge is 0.494 e. The molecule has 0 saturated carbocycles. The highest BCUT2D eigenvalue weighted by Crippen LogP contribution is 2.12. The highest BCUT2D eigenvalue weighted by Gasteiger charge is 2.17. The van der Waals surface area contributed by atoms with Crippen LogP contribution in [0.25, 0.3) is 0 Å². The Balaban J connectivity index is 2.32. The van der Waals surface area contributed by atoms with Crippen LogP contribution < -0.4 is 10.1 Å². The van der Waals surface area contributed by atoms with Gasteiger partial charge >= 0.3 is 0 Å². The molecule has 0 spiro atoms. The van der Waals surface area contributed by atoms with Crippen molar-refractivity contribution in [1.29, 1.82) is 0 Å². The van der Waals surface area contributed by atoms with Crippen molar-refractivity contribution in [2.75, 3.05) is 19.8 Å². The predicted molar refractivity (Wildman–Crippen MR) is 76.3 cm³/mol. The van der Waals surface area contributed by atoms with E-state index < -0.39 is 5.60 Å². The second kappa shape index (κ2) is 8.15. The summed E-state index contributed by atoms with van der Waals surface area (Å²) in [4.78, 5) is 0. The molecule has 0 bridgehead atoms. The van der Waals surface area contributed by atoms with E-state index >= 15 is 0 Å². The quantitative estimate of drug-likeness (QED) is 0.596. The van der Waals surface area contributed by atoms with Crippen LogP contribution in [0, 0.1) is 0 Å². The van der Waals surface area contributed by atoms with E-state index in [1.165, 1.54) is 0 Å². The number of rotatable bonds is 9. The first-order valence-electron chi connectivity index (χ1n) is 6.83. The second-order valence-corrected chi connectivity index (χ2v) is 5.10. The Hall–Kier alpha value is -1.10. The molecule has 0 aliphatic rings. The number of aliphatic hydroxyl groups is 2. The third-order valence-corrected chi connectivity index (χ3v) is 2.87. The summed E-state index contributed by atoms with van der Waals surface area (Å²) in [6, 6.07) is 7.91. The molecule has 0 aliphatic carbocycles. The van der Waals surface area contributed by atoms with Gasteiger partial charge in [0.2, 0.25) is 0 Å². The van der Waals surface area contributed by atoms with E-state index in [-0.39, 0.29) is 6.61 Å². The van der Waals surface area contributed by atoms with Gasteiger partial charge in [-0.3, -0.25) is 0 Å². The Morgan fingerprint density at radius 3 is 2.53 bits per heavy atom. The molecule has 1 rings (SSSR count). The molecule has 4 heteroatoms. The van der Waals surface area contributed by atoms with E-state index in [9.17, 15) is 5.11 Å². The van der Waals surface area contributed by atoms with Gasteiger partial charge in [-0.15, -0.1) is 0 Å². The fourth-order valence-corrected chi connectivity index (χ4v) is 1.57. The van der Waals surface area contributed by atoms with Crippen molar-refractivity contribution in [2.24, 2.45) is 0 Å². The lowest BCUT2D eigenvalue weighted by Gasteiger charge is -2.20. The fourth-order valence-electron chi connectivity index (χ4n) is 1.57. The summed E-state index contributed by atoms with van der Waals surface area (Å²) >= 11 is 0. The Bertz CT molecular complexity index is 349. The topological polar surface area (TPSA) is 61.7 Å². The number of hydrogen-bond acceptors (Lipinski definition) is 4. The van der Waals surface area contributed by atoms with Gasteiger partial charge in [0, 0.05) is 13.1 Å². The minimum atomic E-state index is -1.07. The van der Waals surface area contributed by atoms with Crippen molar-refractivity contribution in [3.05, 3.63) is 29.8 Å². The van der Waals surface area contributed by atoms with E-state index in [1.807, 2.05) is 24.3 Å².